The molecule has 2 aliphatic heterocycles. The molecule has 0 atom stereocenters. The molecular formula is C19H22F2N4O2. The molecule has 2 aromatic rings. The van der Waals surface area contributed by atoms with Crippen molar-refractivity contribution in [1.29, 1.82) is 0 Å². The summed E-state index contributed by atoms with van der Waals surface area (Å²) in [6.45, 7) is 3.80. The van der Waals surface area contributed by atoms with Gasteiger partial charge in [-0.3, -0.25) is 14.8 Å². The smallest absolute Gasteiger partial charge is 0.257 e. The fraction of sp³-hybridized carbons (Fsp3) is 0.474. The van der Waals surface area contributed by atoms with E-state index in [9.17, 15) is 13.6 Å². The molecule has 2 saturated heterocycles. The number of aromatic amines is 1. The van der Waals surface area contributed by atoms with Gasteiger partial charge in [-0.15, -0.1) is 0 Å². The lowest BCUT2D eigenvalue weighted by molar-refractivity contribution is -0.127. The lowest BCUT2D eigenvalue weighted by Crippen LogP contribution is -2.57. The zero-order valence-corrected chi connectivity index (χ0v) is 15.0. The van der Waals surface area contributed by atoms with Crippen molar-refractivity contribution in [3.8, 4) is 0 Å². The van der Waals surface area contributed by atoms with Crippen LogP contribution >= 0.6 is 0 Å². The zero-order chi connectivity index (χ0) is 18.9. The Morgan fingerprint density at radius 3 is 2.74 bits per heavy atom. The number of ether oxygens (including phenoxy) is 1. The molecule has 0 radical (unpaired) electrons. The number of carbonyl (C=O) groups excluding carboxylic acids is 1. The molecule has 1 aromatic carbocycles. The Morgan fingerprint density at radius 2 is 2.04 bits per heavy atom. The SMILES string of the molecule is O=C(c1cn[nH]c1)N1CCOC2(CCN(Cc3ccc(F)c(F)c3)CC2)C1. The molecule has 1 aromatic heterocycles. The number of halogens is 2. The Kier molecular flexibility index (Phi) is 4.92. The number of hydrogen-bond donors (Lipinski definition) is 1. The molecule has 2 fully saturated rings. The minimum Gasteiger partial charge on any atom is -0.371 e. The first-order valence-corrected chi connectivity index (χ1v) is 9.13. The van der Waals surface area contributed by atoms with Crippen molar-refractivity contribution in [3.05, 3.63) is 53.4 Å². The second kappa shape index (κ2) is 7.36. The fourth-order valence-corrected chi connectivity index (χ4v) is 3.89. The van der Waals surface area contributed by atoms with Gasteiger partial charge in [-0.05, 0) is 30.5 Å². The van der Waals surface area contributed by atoms with Crippen molar-refractivity contribution in [2.75, 3.05) is 32.8 Å². The molecule has 6 nitrogen and oxygen atoms in total. The topological polar surface area (TPSA) is 61.5 Å². The molecule has 27 heavy (non-hydrogen) atoms. The first-order valence-electron chi connectivity index (χ1n) is 9.13. The predicted octanol–water partition coefficient (Wildman–Crippen LogP) is 2.20. The normalized spacial score (nSPS) is 20.1. The highest BCUT2D eigenvalue weighted by Gasteiger charge is 2.41. The highest BCUT2D eigenvalue weighted by atomic mass is 19.2. The predicted molar refractivity (Wildman–Crippen MR) is 94.0 cm³/mol. The molecule has 0 bridgehead atoms. The molecule has 0 unspecified atom stereocenters. The van der Waals surface area contributed by atoms with Crippen LogP contribution in [0.1, 0.15) is 28.8 Å². The molecule has 4 rings (SSSR count). The Balaban J connectivity index is 1.36. The maximum Gasteiger partial charge on any atom is 0.257 e. The third kappa shape index (κ3) is 3.86. The fourth-order valence-electron chi connectivity index (χ4n) is 3.89. The average Bonchev–Trinajstić information content (AvgIpc) is 3.21. The summed E-state index contributed by atoms with van der Waals surface area (Å²) in [6, 6.07) is 4.03. The summed E-state index contributed by atoms with van der Waals surface area (Å²) in [5.74, 6) is -1.67. The maximum atomic E-state index is 13.4. The van der Waals surface area contributed by atoms with Gasteiger partial charge in [0.05, 0.1) is 30.5 Å². The molecule has 0 aliphatic carbocycles. The number of amides is 1. The van der Waals surface area contributed by atoms with Crippen molar-refractivity contribution in [1.82, 2.24) is 20.0 Å². The van der Waals surface area contributed by atoms with Crippen molar-refractivity contribution in [3.63, 3.8) is 0 Å². The number of carbonyl (C=O) groups is 1. The van der Waals surface area contributed by atoms with Gasteiger partial charge in [0.1, 0.15) is 0 Å². The van der Waals surface area contributed by atoms with Gasteiger partial charge in [0.25, 0.3) is 5.91 Å². The Hall–Kier alpha value is -2.32. The van der Waals surface area contributed by atoms with Crippen LogP contribution in [0.25, 0.3) is 0 Å². The van der Waals surface area contributed by atoms with E-state index in [1.807, 2.05) is 4.90 Å². The number of H-pyrrole nitrogens is 1. The van der Waals surface area contributed by atoms with E-state index in [1.165, 1.54) is 18.3 Å². The number of likely N-dealkylation sites (tertiary alicyclic amines) is 1. The number of aromatic nitrogens is 2. The second-order valence-electron chi connectivity index (χ2n) is 7.27. The van der Waals surface area contributed by atoms with E-state index in [0.29, 0.717) is 31.8 Å². The van der Waals surface area contributed by atoms with Crippen LogP contribution in [0, 0.1) is 11.6 Å². The molecule has 0 saturated carbocycles. The van der Waals surface area contributed by atoms with E-state index in [4.69, 9.17) is 4.74 Å². The van der Waals surface area contributed by atoms with Crippen molar-refractivity contribution in [2.24, 2.45) is 0 Å². The van der Waals surface area contributed by atoms with Gasteiger partial charge in [-0.2, -0.15) is 5.10 Å². The van der Waals surface area contributed by atoms with Gasteiger partial charge in [-0.25, -0.2) is 8.78 Å². The van der Waals surface area contributed by atoms with Crippen LogP contribution in [-0.2, 0) is 11.3 Å². The molecule has 1 amide bonds. The van der Waals surface area contributed by atoms with E-state index in [2.05, 4.69) is 15.1 Å². The summed E-state index contributed by atoms with van der Waals surface area (Å²) >= 11 is 0. The van der Waals surface area contributed by atoms with E-state index in [-0.39, 0.29) is 11.5 Å². The third-order valence-corrected chi connectivity index (χ3v) is 5.44. The van der Waals surface area contributed by atoms with Crippen molar-refractivity contribution < 1.29 is 18.3 Å². The summed E-state index contributed by atoms with van der Waals surface area (Å²) < 4.78 is 32.6. The van der Waals surface area contributed by atoms with Gasteiger partial charge < -0.3 is 9.64 Å². The van der Waals surface area contributed by atoms with Crippen LogP contribution in [0.5, 0.6) is 0 Å². The lowest BCUT2D eigenvalue weighted by atomic mass is 9.89. The van der Waals surface area contributed by atoms with Crippen LogP contribution in [0.3, 0.4) is 0 Å². The number of hydrogen-bond acceptors (Lipinski definition) is 4. The Morgan fingerprint density at radius 1 is 1.22 bits per heavy atom. The Labute approximate surface area is 156 Å². The first-order chi connectivity index (χ1) is 13.0. The highest BCUT2D eigenvalue weighted by molar-refractivity contribution is 5.93. The minimum atomic E-state index is -0.825. The number of benzene rings is 1. The largest absolute Gasteiger partial charge is 0.371 e. The second-order valence-corrected chi connectivity index (χ2v) is 7.27. The summed E-state index contributed by atoms with van der Waals surface area (Å²) in [4.78, 5) is 16.6. The summed E-state index contributed by atoms with van der Waals surface area (Å²) in [6.07, 6.45) is 4.74. The molecule has 1 N–H and O–H groups in total. The Bertz CT molecular complexity index is 804. The monoisotopic (exact) mass is 376 g/mol. The maximum absolute atomic E-state index is 13.4. The third-order valence-electron chi connectivity index (χ3n) is 5.44. The standard InChI is InChI=1S/C19H22F2N4O2/c20-16-2-1-14(9-17(16)21)12-24-5-3-19(4-6-24)13-25(7-8-27-19)18(26)15-10-22-23-11-15/h1-2,9-11H,3-8,12-13H2,(H,22,23). The van der Waals surface area contributed by atoms with Gasteiger partial charge in [0.15, 0.2) is 11.6 Å². The van der Waals surface area contributed by atoms with Crippen molar-refractivity contribution in [2.45, 2.75) is 25.0 Å². The van der Waals surface area contributed by atoms with E-state index in [1.54, 1.807) is 12.3 Å². The van der Waals surface area contributed by atoms with Gasteiger partial charge in [0.2, 0.25) is 0 Å². The average molecular weight is 376 g/mol. The number of piperidine rings is 1. The van der Waals surface area contributed by atoms with Crippen LogP contribution in [0.4, 0.5) is 8.78 Å². The summed E-state index contributed by atoms with van der Waals surface area (Å²) in [5.41, 5.74) is 0.983. The summed E-state index contributed by atoms with van der Waals surface area (Å²) in [5, 5.41) is 6.51. The molecular weight excluding hydrogens is 354 g/mol. The lowest BCUT2D eigenvalue weighted by Gasteiger charge is -2.47. The minimum absolute atomic E-state index is 0.0318. The molecule has 144 valence electrons. The van der Waals surface area contributed by atoms with E-state index in [0.717, 1.165) is 31.5 Å². The number of rotatable bonds is 3. The number of nitrogens with zero attached hydrogens (tertiary/aromatic N) is 3. The van der Waals surface area contributed by atoms with Crippen LogP contribution < -0.4 is 0 Å². The van der Waals surface area contributed by atoms with Gasteiger partial charge in [0, 0.05) is 32.4 Å². The van der Waals surface area contributed by atoms with Crippen LogP contribution in [0.2, 0.25) is 0 Å². The van der Waals surface area contributed by atoms with Crippen LogP contribution in [-0.4, -0.2) is 64.3 Å². The quantitative estimate of drug-likeness (QED) is 0.892. The van der Waals surface area contributed by atoms with Gasteiger partial charge in [-0.1, -0.05) is 6.07 Å². The van der Waals surface area contributed by atoms with E-state index < -0.39 is 11.6 Å². The molecule has 8 heteroatoms. The van der Waals surface area contributed by atoms with Gasteiger partial charge >= 0.3 is 0 Å². The molecule has 1 spiro atoms. The summed E-state index contributed by atoms with van der Waals surface area (Å²) in [7, 11) is 0. The zero-order valence-electron chi connectivity index (χ0n) is 15.0. The van der Waals surface area contributed by atoms with Crippen molar-refractivity contribution >= 4 is 5.91 Å². The first kappa shape index (κ1) is 18.1. The highest BCUT2D eigenvalue weighted by Crippen LogP contribution is 2.31. The molecule has 3 heterocycles. The molecule has 2 aliphatic rings. The number of nitrogens with one attached hydrogen (secondary N) is 1. The van der Waals surface area contributed by atoms with Crippen LogP contribution in [0.15, 0.2) is 30.6 Å². The number of morpholine rings is 1. The van der Waals surface area contributed by atoms with E-state index >= 15 is 0 Å².